The number of carbonyl (C=O) groups excluding carboxylic acids is 1. The van der Waals surface area contributed by atoms with E-state index in [0.29, 0.717) is 19.6 Å². The van der Waals surface area contributed by atoms with Gasteiger partial charge in [-0.1, -0.05) is 6.07 Å². The van der Waals surface area contributed by atoms with Gasteiger partial charge in [-0.25, -0.2) is 0 Å². The fraction of sp³-hybridized carbons (Fsp3) is 0.364. The molecule has 15 heavy (non-hydrogen) atoms. The molecule has 4 nitrogen and oxygen atoms in total. The van der Waals surface area contributed by atoms with Crippen molar-refractivity contribution in [2.75, 3.05) is 13.2 Å². The molecule has 1 aromatic carbocycles. The molecule has 0 saturated heterocycles. The summed E-state index contributed by atoms with van der Waals surface area (Å²) in [6.07, 6.45) is 1.27. The van der Waals surface area contributed by atoms with Crippen LogP contribution in [0.2, 0.25) is 0 Å². The van der Waals surface area contributed by atoms with Gasteiger partial charge in [-0.2, -0.15) is 0 Å². The summed E-state index contributed by atoms with van der Waals surface area (Å²) in [5.41, 5.74) is 6.53. The van der Waals surface area contributed by atoms with Gasteiger partial charge in [0.1, 0.15) is 19.5 Å². The van der Waals surface area contributed by atoms with Crippen molar-refractivity contribution in [3.63, 3.8) is 0 Å². The van der Waals surface area contributed by atoms with Crippen LogP contribution < -0.4 is 15.2 Å². The van der Waals surface area contributed by atoms with Crippen molar-refractivity contribution < 1.29 is 14.3 Å². The normalized spacial score (nSPS) is 15.8. The molecule has 80 valence electrons. The summed E-state index contributed by atoms with van der Waals surface area (Å²) >= 11 is 0. The first kappa shape index (κ1) is 9.98. The van der Waals surface area contributed by atoms with Crippen LogP contribution >= 0.6 is 0 Å². The Morgan fingerprint density at radius 2 is 2.07 bits per heavy atom. The Morgan fingerprint density at radius 1 is 1.33 bits per heavy atom. The van der Waals surface area contributed by atoms with Crippen molar-refractivity contribution in [3.05, 3.63) is 23.8 Å². The van der Waals surface area contributed by atoms with Crippen molar-refractivity contribution >= 4 is 6.29 Å². The summed E-state index contributed by atoms with van der Waals surface area (Å²) < 4.78 is 10.8. The SMILES string of the molecule is NC(C=O)Cc1ccc2c(c1)OCCO2. The summed E-state index contributed by atoms with van der Waals surface area (Å²) in [7, 11) is 0. The van der Waals surface area contributed by atoms with Crippen LogP contribution in [0.1, 0.15) is 5.56 Å². The van der Waals surface area contributed by atoms with E-state index in [9.17, 15) is 4.79 Å². The Labute approximate surface area is 88.0 Å². The zero-order valence-corrected chi connectivity index (χ0v) is 8.31. The number of hydrogen-bond acceptors (Lipinski definition) is 4. The summed E-state index contributed by atoms with van der Waals surface area (Å²) in [5.74, 6) is 1.49. The van der Waals surface area contributed by atoms with Gasteiger partial charge in [0.15, 0.2) is 11.5 Å². The number of carbonyl (C=O) groups is 1. The van der Waals surface area contributed by atoms with E-state index in [0.717, 1.165) is 23.3 Å². The maximum atomic E-state index is 10.4. The van der Waals surface area contributed by atoms with Gasteiger partial charge in [0, 0.05) is 0 Å². The van der Waals surface area contributed by atoms with Crippen molar-refractivity contribution in [2.24, 2.45) is 5.73 Å². The molecule has 1 atom stereocenters. The van der Waals surface area contributed by atoms with Crippen molar-refractivity contribution in [2.45, 2.75) is 12.5 Å². The minimum absolute atomic E-state index is 0.451. The molecule has 2 N–H and O–H groups in total. The van der Waals surface area contributed by atoms with Gasteiger partial charge >= 0.3 is 0 Å². The third kappa shape index (κ3) is 2.27. The van der Waals surface area contributed by atoms with Crippen LogP contribution in [0.5, 0.6) is 11.5 Å². The second-order valence-corrected chi connectivity index (χ2v) is 3.48. The minimum Gasteiger partial charge on any atom is -0.486 e. The van der Waals surface area contributed by atoms with Crippen LogP contribution in [0.25, 0.3) is 0 Å². The van der Waals surface area contributed by atoms with E-state index >= 15 is 0 Å². The van der Waals surface area contributed by atoms with Gasteiger partial charge in [0.25, 0.3) is 0 Å². The monoisotopic (exact) mass is 207 g/mol. The molecule has 1 heterocycles. The van der Waals surface area contributed by atoms with Crippen LogP contribution in [0.4, 0.5) is 0 Å². The number of fused-ring (bicyclic) bond motifs is 1. The predicted octanol–water partition coefficient (Wildman–Crippen LogP) is 0.526. The molecule has 0 fully saturated rings. The smallest absolute Gasteiger partial charge is 0.161 e. The zero-order chi connectivity index (χ0) is 10.7. The van der Waals surface area contributed by atoms with Crippen molar-refractivity contribution in [1.82, 2.24) is 0 Å². The van der Waals surface area contributed by atoms with Gasteiger partial charge in [-0.15, -0.1) is 0 Å². The molecule has 0 aromatic heterocycles. The van der Waals surface area contributed by atoms with E-state index < -0.39 is 6.04 Å². The number of aldehydes is 1. The number of benzene rings is 1. The maximum absolute atomic E-state index is 10.4. The van der Waals surface area contributed by atoms with E-state index in [4.69, 9.17) is 15.2 Å². The first-order valence-corrected chi connectivity index (χ1v) is 4.89. The van der Waals surface area contributed by atoms with Crippen LogP contribution in [0.15, 0.2) is 18.2 Å². The zero-order valence-electron chi connectivity index (χ0n) is 8.31. The van der Waals surface area contributed by atoms with Gasteiger partial charge in [0.2, 0.25) is 0 Å². The first-order chi connectivity index (χ1) is 7.29. The molecule has 0 aliphatic carbocycles. The molecule has 1 aliphatic rings. The average molecular weight is 207 g/mol. The summed E-state index contributed by atoms with van der Waals surface area (Å²) in [5, 5.41) is 0. The van der Waals surface area contributed by atoms with E-state index in [-0.39, 0.29) is 0 Å². The third-order valence-corrected chi connectivity index (χ3v) is 2.25. The van der Waals surface area contributed by atoms with E-state index in [1.54, 1.807) is 0 Å². The molecule has 0 amide bonds. The van der Waals surface area contributed by atoms with E-state index in [1.165, 1.54) is 0 Å². The highest BCUT2D eigenvalue weighted by molar-refractivity contribution is 5.58. The Balaban J connectivity index is 2.16. The largest absolute Gasteiger partial charge is 0.486 e. The highest BCUT2D eigenvalue weighted by Crippen LogP contribution is 2.30. The number of hydrogen-bond donors (Lipinski definition) is 1. The van der Waals surface area contributed by atoms with Crippen molar-refractivity contribution in [3.8, 4) is 11.5 Å². The van der Waals surface area contributed by atoms with Crippen LogP contribution in [-0.4, -0.2) is 25.5 Å². The molecule has 1 aliphatic heterocycles. The second kappa shape index (κ2) is 4.31. The van der Waals surface area contributed by atoms with Crippen LogP contribution in [-0.2, 0) is 11.2 Å². The summed E-state index contributed by atoms with van der Waals surface area (Å²) in [4.78, 5) is 10.4. The molecule has 1 unspecified atom stereocenters. The lowest BCUT2D eigenvalue weighted by molar-refractivity contribution is -0.108. The first-order valence-electron chi connectivity index (χ1n) is 4.89. The lowest BCUT2D eigenvalue weighted by Crippen LogP contribution is -2.24. The maximum Gasteiger partial charge on any atom is 0.161 e. The van der Waals surface area contributed by atoms with Crippen LogP contribution in [0.3, 0.4) is 0 Å². The minimum atomic E-state index is -0.451. The molecule has 0 spiro atoms. The average Bonchev–Trinajstić information content (AvgIpc) is 2.29. The molecule has 1 aromatic rings. The fourth-order valence-electron chi connectivity index (χ4n) is 1.54. The lowest BCUT2D eigenvalue weighted by Gasteiger charge is -2.19. The molecular formula is C11H13NO3. The predicted molar refractivity (Wildman–Crippen MR) is 55.2 cm³/mol. The lowest BCUT2D eigenvalue weighted by atomic mass is 10.1. The second-order valence-electron chi connectivity index (χ2n) is 3.48. The Kier molecular flexibility index (Phi) is 2.87. The Hall–Kier alpha value is -1.55. The van der Waals surface area contributed by atoms with Gasteiger partial charge in [-0.05, 0) is 24.1 Å². The quantitative estimate of drug-likeness (QED) is 0.734. The Bertz CT molecular complexity index is 365. The highest BCUT2D eigenvalue weighted by Gasteiger charge is 2.12. The van der Waals surface area contributed by atoms with E-state index in [1.807, 2.05) is 18.2 Å². The summed E-state index contributed by atoms with van der Waals surface area (Å²) in [6.45, 7) is 1.15. The summed E-state index contributed by atoms with van der Waals surface area (Å²) in [6, 6.07) is 5.17. The fourth-order valence-corrected chi connectivity index (χ4v) is 1.54. The number of nitrogens with two attached hydrogens (primary N) is 1. The van der Waals surface area contributed by atoms with Gasteiger partial charge < -0.3 is 20.0 Å². The molecule has 0 radical (unpaired) electrons. The van der Waals surface area contributed by atoms with Gasteiger partial charge in [-0.3, -0.25) is 0 Å². The standard InChI is InChI=1S/C11H13NO3/c12-9(7-13)5-8-1-2-10-11(6-8)15-4-3-14-10/h1-2,6-7,9H,3-5,12H2. The van der Waals surface area contributed by atoms with Crippen LogP contribution in [0, 0.1) is 0 Å². The molecule has 2 rings (SSSR count). The molecule has 0 bridgehead atoms. The third-order valence-electron chi connectivity index (χ3n) is 2.25. The molecule has 0 saturated carbocycles. The number of rotatable bonds is 3. The van der Waals surface area contributed by atoms with Crippen molar-refractivity contribution in [1.29, 1.82) is 0 Å². The topological polar surface area (TPSA) is 61.6 Å². The molecule has 4 heteroatoms. The molecular weight excluding hydrogens is 194 g/mol. The Morgan fingerprint density at radius 3 is 2.80 bits per heavy atom. The number of ether oxygens (including phenoxy) is 2. The highest BCUT2D eigenvalue weighted by atomic mass is 16.6. The van der Waals surface area contributed by atoms with Gasteiger partial charge in [0.05, 0.1) is 6.04 Å². The van der Waals surface area contributed by atoms with E-state index in [2.05, 4.69) is 0 Å².